The third-order valence-corrected chi connectivity index (χ3v) is 3.61. The molecule has 2 aromatic carbocycles. The minimum Gasteiger partial charge on any atom is -0.492 e. The van der Waals surface area contributed by atoms with Crippen LogP contribution in [0.15, 0.2) is 60.8 Å². The van der Waals surface area contributed by atoms with E-state index in [0.29, 0.717) is 26.3 Å². The molecule has 0 aliphatic heterocycles. The fraction of sp³-hybridized carbons (Fsp3) is 0.263. The molecule has 0 saturated carbocycles. The summed E-state index contributed by atoms with van der Waals surface area (Å²) in [5.41, 5.74) is 2.07. The fourth-order valence-electron chi connectivity index (χ4n) is 2.34. The first-order valence-electron chi connectivity index (χ1n) is 8.27. The van der Waals surface area contributed by atoms with Crippen LogP contribution in [0.5, 0.6) is 11.5 Å². The van der Waals surface area contributed by atoms with Gasteiger partial charge in [-0.3, -0.25) is 0 Å². The van der Waals surface area contributed by atoms with E-state index in [1.165, 1.54) is 0 Å². The summed E-state index contributed by atoms with van der Waals surface area (Å²) in [7, 11) is 1.88. The van der Waals surface area contributed by atoms with E-state index in [4.69, 9.17) is 9.47 Å². The van der Waals surface area contributed by atoms with Crippen molar-refractivity contribution in [1.29, 1.82) is 0 Å². The number of hydrogen-bond donors (Lipinski definition) is 1. The molecule has 0 radical (unpaired) electrons. The molecule has 6 heteroatoms. The van der Waals surface area contributed by atoms with Crippen LogP contribution in [0.1, 0.15) is 11.3 Å². The largest absolute Gasteiger partial charge is 0.492 e. The molecule has 1 N–H and O–H groups in total. The Bertz CT molecular complexity index is 757. The van der Waals surface area contributed by atoms with Gasteiger partial charge in [-0.2, -0.15) is 0 Å². The zero-order chi connectivity index (χ0) is 17.3. The van der Waals surface area contributed by atoms with E-state index in [1.54, 1.807) is 4.68 Å². The van der Waals surface area contributed by atoms with Crippen molar-refractivity contribution in [2.75, 3.05) is 13.7 Å². The number of benzene rings is 2. The molecular formula is C19H22N4O2. The highest BCUT2D eigenvalue weighted by molar-refractivity contribution is 5.31. The molecule has 0 bridgehead atoms. The van der Waals surface area contributed by atoms with Crippen LogP contribution in [0.3, 0.4) is 0 Å². The van der Waals surface area contributed by atoms with Crippen LogP contribution < -0.4 is 14.8 Å². The first kappa shape index (κ1) is 17.0. The second-order valence-corrected chi connectivity index (χ2v) is 5.60. The molecule has 1 aromatic heterocycles. The average molecular weight is 338 g/mol. The van der Waals surface area contributed by atoms with Crippen LogP contribution in [0, 0.1) is 0 Å². The van der Waals surface area contributed by atoms with Gasteiger partial charge in [-0.15, -0.1) is 5.10 Å². The lowest BCUT2D eigenvalue weighted by Crippen LogP contribution is -2.09. The Balaban J connectivity index is 1.42. The quantitative estimate of drug-likeness (QED) is 0.650. The summed E-state index contributed by atoms with van der Waals surface area (Å²) in [6, 6.07) is 17.8. The molecule has 0 amide bonds. The van der Waals surface area contributed by atoms with Crippen LogP contribution in [0.4, 0.5) is 0 Å². The van der Waals surface area contributed by atoms with Gasteiger partial charge in [-0.25, -0.2) is 4.68 Å². The van der Waals surface area contributed by atoms with Crippen molar-refractivity contribution in [3.63, 3.8) is 0 Å². The van der Waals surface area contributed by atoms with E-state index in [-0.39, 0.29) is 0 Å². The second-order valence-electron chi connectivity index (χ2n) is 5.60. The second kappa shape index (κ2) is 8.84. The SMILES string of the molecule is CNCc1cn(CCOc2ccc(OCc3ccccc3)cc2)nn1. The molecule has 0 spiro atoms. The molecule has 0 unspecified atom stereocenters. The number of rotatable bonds is 9. The van der Waals surface area contributed by atoms with E-state index in [1.807, 2.05) is 67.8 Å². The van der Waals surface area contributed by atoms with Gasteiger partial charge in [-0.1, -0.05) is 35.5 Å². The Kier molecular flexibility index (Phi) is 6.01. The summed E-state index contributed by atoms with van der Waals surface area (Å²) in [6.45, 7) is 2.46. The van der Waals surface area contributed by atoms with Crippen molar-refractivity contribution in [2.24, 2.45) is 0 Å². The van der Waals surface area contributed by atoms with Gasteiger partial charge in [0.25, 0.3) is 0 Å². The molecule has 0 fully saturated rings. The van der Waals surface area contributed by atoms with Gasteiger partial charge in [-0.05, 0) is 36.9 Å². The lowest BCUT2D eigenvalue weighted by atomic mass is 10.2. The molecule has 0 saturated heterocycles. The van der Waals surface area contributed by atoms with Crippen molar-refractivity contribution in [1.82, 2.24) is 20.3 Å². The third-order valence-electron chi connectivity index (χ3n) is 3.61. The lowest BCUT2D eigenvalue weighted by Gasteiger charge is -2.09. The normalized spacial score (nSPS) is 10.6. The summed E-state index contributed by atoms with van der Waals surface area (Å²) in [4.78, 5) is 0. The number of nitrogens with one attached hydrogen (secondary N) is 1. The maximum atomic E-state index is 5.76. The smallest absolute Gasteiger partial charge is 0.120 e. The number of nitrogens with zero attached hydrogens (tertiary/aromatic N) is 3. The third kappa shape index (κ3) is 5.32. The monoisotopic (exact) mass is 338 g/mol. The standard InChI is InChI=1S/C19H22N4O2/c1-20-13-17-14-23(22-21-17)11-12-24-18-7-9-19(10-8-18)25-15-16-5-3-2-4-6-16/h2-10,14,20H,11-13,15H2,1H3. The van der Waals surface area contributed by atoms with Crippen LogP contribution in [0.2, 0.25) is 0 Å². The van der Waals surface area contributed by atoms with Crippen LogP contribution in [0.25, 0.3) is 0 Å². The molecule has 0 aliphatic rings. The lowest BCUT2D eigenvalue weighted by molar-refractivity contribution is 0.286. The van der Waals surface area contributed by atoms with E-state index in [9.17, 15) is 0 Å². The Labute approximate surface area is 147 Å². The number of hydrogen-bond acceptors (Lipinski definition) is 5. The molecule has 0 atom stereocenters. The summed E-state index contributed by atoms with van der Waals surface area (Å²) < 4.78 is 13.3. The summed E-state index contributed by atoms with van der Waals surface area (Å²) in [6.07, 6.45) is 1.92. The first-order chi connectivity index (χ1) is 12.3. The highest BCUT2D eigenvalue weighted by atomic mass is 16.5. The zero-order valence-electron chi connectivity index (χ0n) is 14.3. The minimum absolute atomic E-state index is 0.534. The molecule has 25 heavy (non-hydrogen) atoms. The van der Waals surface area contributed by atoms with Gasteiger partial charge in [0.2, 0.25) is 0 Å². The minimum atomic E-state index is 0.534. The fourth-order valence-corrected chi connectivity index (χ4v) is 2.34. The van der Waals surface area contributed by atoms with Gasteiger partial charge in [0, 0.05) is 12.7 Å². The predicted molar refractivity (Wildman–Crippen MR) is 95.5 cm³/mol. The van der Waals surface area contributed by atoms with Crippen molar-refractivity contribution in [3.05, 3.63) is 72.1 Å². The average Bonchev–Trinajstić information content (AvgIpc) is 3.10. The highest BCUT2D eigenvalue weighted by Crippen LogP contribution is 2.18. The Morgan fingerprint density at radius 3 is 2.40 bits per heavy atom. The maximum absolute atomic E-state index is 5.76. The van der Waals surface area contributed by atoms with Crippen molar-refractivity contribution >= 4 is 0 Å². The molecular weight excluding hydrogens is 316 g/mol. The van der Waals surface area contributed by atoms with Gasteiger partial charge in [0.1, 0.15) is 24.7 Å². The highest BCUT2D eigenvalue weighted by Gasteiger charge is 2.01. The van der Waals surface area contributed by atoms with E-state index in [0.717, 1.165) is 22.8 Å². The maximum Gasteiger partial charge on any atom is 0.120 e. The zero-order valence-corrected chi connectivity index (χ0v) is 14.3. The van der Waals surface area contributed by atoms with E-state index >= 15 is 0 Å². The van der Waals surface area contributed by atoms with Crippen molar-refractivity contribution in [3.8, 4) is 11.5 Å². The van der Waals surface area contributed by atoms with Gasteiger partial charge < -0.3 is 14.8 Å². The molecule has 6 nitrogen and oxygen atoms in total. The topological polar surface area (TPSA) is 61.2 Å². The molecule has 130 valence electrons. The van der Waals surface area contributed by atoms with Gasteiger partial charge in [0.15, 0.2) is 0 Å². The molecule has 3 rings (SSSR count). The van der Waals surface area contributed by atoms with E-state index < -0.39 is 0 Å². The Morgan fingerprint density at radius 2 is 1.68 bits per heavy atom. The van der Waals surface area contributed by atoms with Crippen molar-refractivity contribution in [2.45, 2.75) is 19.7 Å². The number of ether oxygens (including phenoxy) is 2. The van der Waals surface area contributed by atoms with Crippen LogP contribution in [-0.2, 0) is 19.7 Å². The molecule has 1 heterocycles. The summed E-state index contributed by atoms with van der Waals surface area (Å²) in [5, 5.41) is 11.2. The van der Waals surface area contributed by atoms with Gasteiger partial charge in [0.05, 0.1) is 12.2 Å². The Hall–Kier alpha value is -2.86. The number of aromatic nitrogens is 3. The van der Waals surface area contributed by atoms with Crippen LogP contribution >= 0.6 is 0 Å². The van der Waals surface area contributed by atoms with Crippen LogP contribution in [-0.4, -0.2) is 28.6 Å². The Morgan fingerprint density at radius 1 is 0.960 bits per heavy atom. The summed E-state index contributed by atoms with van der Waals surface area (Å²) >= 11 is 0. The molecule has 0 aliphatic carbocycles. The predicted octanol–water partition coefficient (Wildman–Crippen LogP) is 2.66. The van der Waals surface area contributed by atoms with Crippen molar-refractivity contribution < 1.29 is 9.47 Å². The molecule has 3 aromatic rings. The van der Waals surface area contributed by atoms with E-state index in [2.05, 4.69) is 15.6 Å². The first-order valence-corrected chi connectivity index (χ1v) is 8.27. The summed E-state index contributed by atoms with van der Waals surface area (Å²) in [5.74, 6) is 1.63. The van der Waals surface area contributed by atoms with Gasteiger partial charge >= 0.3 is 0 Å².